The molecule has 0 saturated carbocycles. The van der Waals surface area contributed by atoms with Gasteiger partial charge in [-0.2, -0.15) is 18.3 Å². The maximum absolute atomic E-state index is 13.1. The van der Waals surface area contributed by atoms with Crippen molar-refractivity contribution in [3.8, 4) is 11.4 Å². The second-order valence-electron chi connectivity index (χ2n) is 6.01. The molecule has 0 fully saturated rings. The van der Waals surface area contributed by atoms with Crippen LogP contribution in [0.2, 0.25) is 0 Å². The number of rotatable bonds is 6. The number of hydrogen-bond donors (Lipinski definition) is 1. The van der Waals surface area contributed by atoms with Gasteiger partial charge in [0.25, 0.3) is 5.91 Å². The second kappa shape index (κ2) is 8.23. The van der Waals surface area contributed by atoms with E-state index in [0.717, 1.165) is 18.2 Å². The number of anilines is 1. The fourth-order valence-corrected chi connectivity index (χ4v) is 2.70. The van der Waals surface area contributed by atoms with Gasteiger partial charge in [0.05, 0.1) is 28.5 Å². The lowest BCUT2D eigenvalue weighted by molar-refractivity contribution is -0.385. The van der Waals surface area contributed by atoms with Crippen LogP contribution in [0.4, 0.5) is 24.5 Å². The fraction of sp³-hybridized carbons (Fsp3) is 0.158. The number of nitrogens with one attached hydrogen (secondary N) is 1. The van der Waals surface area contributed by atoms with Crippen LogP contribution in [0.3, 0.4) is 0 Å². The molecule has 0 atom stereocenters. The van der Waals surface area contributed by atoms with E-state index >= 15 is 0 Å². The summed E-state index contributed by atoms with van der Waals surface area (Å²) in [5.41, 5.74) is -1.47. The molecule has 156 valence electrons. The number of ether oxygens (including phenoxy) is 1. The average Bonchev–Trinajstić information content (AvgIpc) is 3.22. The number of carbonyl (C=O) groups excluding carboxylic acids is 1. The summed E-state index contributed by atoms with van der Waals surface area (Å²) < 4.78 is 45.9. The van der Waals surface area contributed by atoms with Crippen molar-refractivity contribution in [1.29, 1.82) is 0 Å². The highest BCUT2D eigenvalue weighted by Crippen LogP contribution is 2.34. The Morgan fingerprint density at radius 3 is 2.63 bits per heavy atom. The number of hydrogen-bond acceptors (Lipinski definition) is 5. The van der Waals surface area contributed by atoms with Crippen LogP contribution >= 0.6 is 0 Å². The van der Waals surface area contributed by atoms with Crippen molar-refractivity contribution in [3.05, 3.63) is 76.1 Å². The Kier molecular flexibility index (Phi) is 5.72. The molecule has 2 aromatic carbocycles. The minimum atomic E-state index is -4.62. The molecule has 11 heteroatoms. The van der Waals surface area contributed by atoms with Crippen LogP contribution in [0, 0.1) is 10.1 Å². The molecule has 8 nitrogen and oxygen atoms in total. The zero-order valence-electron chi connectivity index (χ0n) is 15.5. The van der Waals surface area contributed by atoms with E-state index in [2.05, 4.69) is 10.4 Å². The molecule has 0 aliphatic heterocycles. The molecule has 1 heterocycles. The van der Waals surface area contributed by atoms with E-state index < -0.39 is 28.3 Å². The number of carbonyl (C=O) groups is 1. The normalized spacial score (nSPS) is 11.2. The van der Waals surface area contributed by atoms with Crippen molar-refractivity contribution < 1.29 is 27.6 Å². The largest absolute Gasteiger partial charge is 0.487 e. The molecule has 0 aliphatic carbocycles. The van der Waals surface area contributed by atoms with E-state index in [1.807, 2.05) is 0 Å². The molecule has 0 aliphatic rings. The van der Waals surface area contributed by atoms with Crippen LogP contribution in [0.1, 0.15) is 22.8 Å². The zero-order valence-corrected chi connectivity index (χ0v) is 15.5. The predicted octanol–water partition coefficient (Wildman–Crippen LogP) is 4.45. The lowest BCUT2D eigenvalue weighted by Gasteiger charge is -2.15. The second-order valence-corrected chi connectivity index (χ2v) is 6.01. The van der Waals surface area contributed by atoms with E-state index in [4.69, 9.17) is 4.74 Å². The summed E-state index contributed by atoms with van der Waals surface area (Å²) >= 11 is 0. The SMILES string of the molecule is CCOc1ccc(C(=O)Nc2cc(C(F)(F)F)ccc2-n2cccn2)cc1[N+](=O)[O-]. The summed E-state index contributed by atoms with van der Waals surface area (Å²) in [7, 11) is 0. The van der Waals surface area contributed by atoms with Crippen LogP contribution < -0.4 is 10.1 Å². The molecule has 3 rings (SSSR count). The monoisotopic (exact) mass is 420 g/mol. The molecular formula is C19H15F3N4O4. The van der Waals surface area contributed by atoms with E-state index in [1.54, 1.807) is 13.0 Å². The lowest BCUT2D eigenvalue weighted by atomic mass is 10.1. The molecule has 0 saturated heterocycles. The van der Waals surface area contributed by atoms with Gasteiger partial charge in [0.15, 0.2) is 5.75 Å². The van der Waals surface area contributed by atoms with E-state index in [0.29, 0.717) is 0 Å². The molecule has 30 heavy (non-hydrogen) atoms. The first-order valence-electron chi connectivity index (χ1n) is 8.64. The summed E-state index contributed by atoms with van der Waals surface area (Å²) in [6.45, 7) is 1.83. The van der Waals surface area contributed by atoms with Crippen molar-refractivity contribution in [2.75, 3.05) is 11.9 Å². The lowest BCUT2D eigenvalue weighted by Crippen LogP contribution is -2.16. The van der Waals surface area contributed by atoms with E-state index in [1.165, 1.54) is 35.3 Å². The third kappa shape index (κ3) is 4.40. The van der Waals surface area contributed by atoms with Crippen LogP contribution in [0.15, 0.2) is 54.9 Å². The molecule has 0 bridgehead atoms. The molecule has 0 spiro atoms. The van der Waals surface area contributed by atoms with Gasteiger partial charge in [0.1, 0.15) is 0 Å². The van der Waals surface area contributed by atoms with E-state index in [-0.39, 0.29) is 29.3 Å². The number of nitrogens with zero attached hydrogens (tertiary/aromatic N) is 3. The van der Waals surface area contributed by atoms with Crippen LogP contribution in [0.25, 0.3) is 5.69 Å². The standard InChI is InChI=1S/C19H15F3N4O4/c1-2-30-17-7-4-12(10-16(17)26(28)29)18(27)24-14-11-13(19(20,21)22)5-6-15(14)25-9-3-8-23-25/h3-11H,2H2,1H3,(H,24,27). The number of nitro groups is 1. The van der Waals surface area contributed by atoms with Crippen LogP contribution in [-0.4, -0.2) is 27.2 Å². The topological polar surface area (TPSA) is 99.3 Å². The first-order valence-corrected chi connectivity index (χ1v) is 8.64. The van der Waals surface area contributed by atoms with Crippen molar-refractivity contribution in [3.63, 3.8) is 0 Å². The van der Waals surface area contributed by atoms with E-state index in [9.17, 15) is 28.1 Å². The fourth-order valence-electron chi connectivity index (χ4n) is 2.70. The van der Waals surface area contributed by atoms with Crippen molar-refractivity contribution in [2.45, 2.75) is 13.1 Å². The van der Waals surface area contributed by atoms with Gasteiger partial charge < -0.3 is 10.1 Å². The Morgan fingerprint density at radius 2 is 2.03 bits per heavy atom. The van der Waals surface area contributed by atoms with Gasteiger partial charge >= 0.3 is 11.9 Å². The number of alkyl halides is 3. The highest BCUT2D eigenvalue weighted by atomic mass is 19.4. The quantitative estimate of drug-likeness (QED) is 0.469. The van der Waals surface area contributed by atoms with Crippen LogP contribution in [0.5, 0.6) is 5.75 Å². The van der Waals surface area contributed by atoms with Gasteiger partial charge in [-0.3, -0.25) is 14.9 Å². The third-order valence-corrected chi connectivity index (χ3v) is 4.04. The maximum Gasteiger partial charge on any atom is 0.416 e. The van der Waals surface area contributed by atoms with Gasteiger partial charge in [-0.25, -0.2) is 4.68 Å². The molecule has 1 amide bonds. The summed E-state index contributed by atoms with van der Waals surface area (Å²) in [4.78, 5) is 23.2. The zero-order chi connectivity index (χ0) is 21.9. The Labute approximate surface area is 168 Å². The maximum atomic E-state index is 13.1. The summed E-state index contributed by atoms with van der Waals surface area (Å²) in [6, 6.07) is 7.94. The highest BCUT2D eigenvalue weighted by Gasteiger charge is 2.31. The number of halogens is 3. The van der Waals surface area contributed by atoms with Gasteiger partial charge in [-0.1, -0.05) is 0 Å². The van der Waals surface area contributed by atoms with Gasteiger partial charge in [0.2, 0.25) is 0 Å². The van der Waals surface area contributed by atoms with Gasteiger partial charge in [0, 0.05) is 24.0 Å². The molecule has 3 aromatic rings. The molecule has 0 unspecified atom stereocenters. The molecule has 0 radical (unpaired) electrons. The Morgan fingerprint density at radius 1 is 1.27 bits per heavy atom. The third-order valence-electron chi connectivity index (χ3n) is 4.04. The Bertz CT molecular complexity index is 1080. The number of aromatic nitrogens is 2. The highest BCUT2D eigenvalue weighted by molar-refractivity contribution is 6.05. The average molecular weight is 420 g/mol. The predicted molar refractivity (Wildman–Crippen MR) is 101 cm³/mol. The van der Waals surface area contributed by atoms with Crippen molar-refractivity contribution >= 4 is 17.3 Å². The molecule has 1 N–H and O–H groups in total. The summed E-state index contributed by atoms with van der Waals surface area (Å²) in [5, 5.41) is 17.6. The first-order chi connectivity index (χ1) is 14.2. The molecule has 1 aromatic heterocycles. The summed E-state index contributed by atoms with van der Waals surface area (Å²) in [6.07, 6.45) is -1.70. The molecular weight excluding hydrogens is 405 g/mol. The smallest absolute Gasteiger partial charge is 0.416 e. The summed E-state index contributed by atoms with van der Waals surface area (Å²) in [5.74, 6) is -0.843. The van der Waals surface area contributed by atoms with Gasteiger partial charge in [-0.05, 0) is 43.3 Å². The number of nitro benzene ring substituents is 1. The minimum Gasteiger partial charge on any atom is -0.487 e. The minimum absolute atomic E-state index is 0.0182. The van der Waals surface area contributed by atoms with Crippen molar-refractivity contribution in [1.82, 2.24) is 9.78 Å². The van der Waals surface area contributed by atoms with Crippen molar-refractivity contribution in [2.24, 2.45) is 0 Å². The Hall–Kier alpha value is -3.89. The first kappa shape index (κ1) is 20.8. The Balaban J connectivity index is 2.00. The number of amides is 1. The number of benzene rings is 2. The van der Waals surface area contributed by atoms with Gasteiger partial charge in [-0.15, -0.1) is 0 Å². The van der Waals surface area contributed by atoms with Crippen LogP contribution in [-0.2, 0) is 6.18 Å².